The third-order valence-electron chi connectivity index (χ3n) is 4.32. The van der Waals surface area contributed by atoms with E-state index in [-0.39, 0.29) is 24.4 Å². The number of nitrogens with two attached hydrogens (primary N) is 1. The second-order valence-electron chi connectivity index (χ2n) is 6.22. The van der Waals surface area contributed by atoms with Gasteiger partial charge in [-0.15, -0.1) is 12.4 Å². The van der Waals surface area contributed by atoms with Gasteiger partial charge in [-0.3, -0.25) is 9.69 Å². The lowest BCUT2D eigenvalue weighted by atomic mass is 10.0. The van der Waals surface area contributed by atoms with Crippen LogP contribution in [0.4, 0.5) is 0 Å². The summed E-state index contributed by atoms with van der Waals surface area (Å²) >= 11 is 0. The molecule has 6 heteroatoms. The number of aryl methyl sites for hydroxylation is 1. The zero-order valence-electron chi connectivity index (χ0n) is 14.7. The second kappa shape index (κ2) is 10.7. The van der Waals surface area contributed by atoms with Gasteiger partial charge in [-0.05, 0) is 18.9 Å². The molecule has 1 aromatic carbocycles. The van der Waals surface area contributed by atoms with Gasteiger partial charge in [0.25, 0.3) is 0 Å². The molecule has 0 spiro atoms. The van der Waals surface area contributed by atoms with Crippen molar-refractivity contribution in [3.05, 3.63) is 35.4 Å². The van der Waals surface area contributed by atoms with E-state index in [9.17, 15) is 4.79 Å². The quantitative estimate of drug-likeness (QED) is 0.785. The highest BCUT2D eigenvalue weighted by Gasteiger charge is 2.24. The maximum atomic E-state index is 12.1. The van der Waals surface area contributed by atoms with Gasteiger partial charge in [0.1, 0.15) is 0 Å². The summed E-state index contributed by atoms with van der Waals surface area (Å²) < 4.78 is 5.46. The number of ether oxygens (including phenoxy) is 1. The summed E-state index contributed by atoms with van der Waals surface area (Å²) in [6, 6.07) is 8.24. The SMILES string of the molecule is CCCC(N)C(=O)NCC(c1cccc(C)c1)N1CCOCC1.Cl. The van der Waals surface area contributed by atoms with E-state index >= 15 is 0 Å². The van der Waals surface area contributed by atoms with Gasteiger partial charge in [-0.1, -0.05) is 43.2 Å². The Hall–Kier alpha value is -1.14. The number of benzene rings is 1. The van der Waals surface area contributed by atoms with Gasteiger partial charge >= 0.3 is 0 Å². The number of nitrogens with zero attached hydrogens (tertiary/aromatic N) is 1. The maximum Gasteiger partial charge on any atom is 0.236 e. The van der Waals surface area contributed by atoms with Crippen molar-refractivity contribution in [3.8, 4) is 0 Å². The first-order valence-electron chi connectivity index (χ1n) is 8.53. The summed E-state index contributed by atoms with van der Waals surface area (Å²) in [5, 5.41) is 3.04. The topological polar surface area (TPSA) is 67.6 Å². The predicted molar refractivity (Wildman–Crippen MR) is 99.5 cm³/mol. The minimum absolute atomic E-state index is 0. The minimum Gasteiger partial charge on any atom is -0.379 e. The summed E-state index contributed by atoms with van der Waals surface area (Å²) in [4.78, 5) is 14.5. The van der Waals surface area contributed by atoms with E-state index < -0.39 is 6.04 Å². The lowest BCUT2D eigenvalue weighted by Gasteiger charge is -2.35. The summed E-state index contributed by atoms with van der Waals surface area (Å²) in [5.41, 5.74) is 8.37. The fraction of sp³-hybridized carbons (Fsp3) is 0.611. The zero-order valence-corrected chi connectivity index (χ0v) is 15.5. The molecule has 136 valence electrons. The Bertz CT molecular complexity index is 507. The molecule has 1 heterocycles. The number of carbonyl (C=O) groups excluding carboxylic acids is 1. The molecule has 1 aromatic rings. The van der Waals surface area contributed by atoms with Gasteiger partial charge in [0, 0.05) is 19.6 Å². The van der Waals surface area contributed by atoms with Crippen LogP contribution in [-0.4, -0.2) is 49.7 Å². The molecule has 1 aliphatic heterocycles. The van der Waals surface area contributed by atoms with Crippen molar-refractivity contribution in [3.63, 3.8) is 0 Å². The number of amides is 1. The Balaban J connectivity index is 0.00000288. The van der Waals surface area contributed by atoms with Crippen molar-refractivity contribution < 1.29 is 9.53 Å². The monoisotopic (exact) mass is 355 g/mol. The molecule has 1 fully saturated rings. The van der Waals surface area contributed by atoms with E-state index in [1.807, 2.05) is 6.92 Å². The summed E-state index contributed by atoms with van der Waals surface area (Å²) in [5.74, 6) is -0.0576. The number of morpholine rings is 1. The number of halogens is 1. The van der Waals surface area contributed by atoms with E-state index in [0.29, 0.717) is 6.54 Å². The number of nitrogens with one attached hydrogen (secondary N) is 1. The minimum atomic E-state index is -0.414. The van der Waals surface area contributed by atoms with Gasteiger partial charge in [0.2, 0.25) is 5.91 Å². The molecule has 3 N–H and O–H groups in total. The Labute approximate surface area is 151 Å². The lowest BCUT2D eigenvalue weighted by Crippen LogP contribution is -2.47. The Morgan fingerprint density at radius 1 is 1.38 bits per heavy atom. The number of hydrogen-bond donors (Lipinski definition) is 2. The molecular formula is C18H30ClN3O2. The second-order valence-corrected chi connectivity index (χ2v) is 6.22. The summed E-state index contributed by atoms with van der Waals surface area (Å²) in [6.45, 7) is 7.97. The molecule has 0 bridgehead atoms. The Morgan fingerprint density at radius 2 is 2.08 bits per heavy atom. The van der Waals surface area contributed by atoms with Crippen molar-refractivity contribution in [2.45, 2.75) is 38.8 Å². The Morgan fingerprint density at radius 3 is 2.71 bits per heavy atom. The van der Waals surface area contributed by atoms with Gasteiger partial charge in [0.15, 0.2) is 0 Å². The normalized spacial score (nSPS) is 17.6. The van der Waals surface area contributed by atoms with Crippen LogP contribution in [-0.2, 0) is 9.53 Å². The van der Waals surface area contributed by atoms with Crippen LogP contribution >= 0.6 is 12.4 Å². The summed E-state index contributed by atoms with van der Waals surface area (Å²) in [6.07, 6.45) is 1.64. The fourth-order valence-electron chi connectivity index (χ4n) is 2.99. The molecule has 5 nitrogen and oxygen atoms in total. The molecule has 1 saturated heterocycles. The van der Waals surface area contributed by atoms with E-state index in [0.717, 1.165) is 39.1 Å². The molecule has 0 saturated carbocycles. The molecular weight excluding hydrogens is 326 g/mol. The third-order valence-corrected chi connectivity index (χ3v) is 4.32. The number of hydrogen-bond acceptors (Lipinski definition) is 4. The van der Waals surface area contributed by atoms with Crippen LogP contribution in [0.3, 0.4) is 0 Å². The molecule has 24 heavy (non-hydrogen) atoms. The first-order chi connectivity index (χ1) is 11.1. The average molecular weight is 356 g/mol. The third kappa shape index (κ3) is 6.06. The molecule has 0 aliphatic carbocycles. The molecule has 0 aromatic heterocycles. The van der Waals surface area contributed by atoms with Crippen molar-refractivity contribution >= 4 is 18.3 Å². The molecule has 0 radical (unpaired) electrons. The highest BCUT2D eigenvalue weighted by Crippen LogP contribution is 2.22. The van der Waals surface area contributed by atoms with Crippen LogP contribution in [0.2, 0.25) is 0 Å². The van der Waals surface area contributed by atoms with E-state index in [4.69, 9.17) is 10.5 Å². The van der Waals surface area contributed by atoms with Crippen LogP contribution in [0, 0.1) is 6.92 Å². The predicted octanol–water partition coefficient (Wildman–Crippen LogP) is 2.03. The molecule has 2 atom stereocenters. The first-order valence-corrected chi connectivity index (χ1v) is 8.53. The first kappa shape index (κ1) is 20.9. The van der Waals surface area contributed by atoms with Gasteiger partial charge in [-0.2, -0.15) is 0 Å². The molecule has 2 rings (SSSR count). The number of rotatable bonds is 7. The van der Waals surface area contributed by atoms with Crippen LogP contribution in [0.1, 0.15) is 36.9 Å². The maximum absolute atomic E-state index is 12.1. The van der Waals surface area contributed by atoms with Crippen LogP contribution in [0.25, 0.3) is 0 Å². The van der Waals surface area contributed by atoms with Gasteiger partial charge in [-0.25, -0.2) is 0 Å². The van der Waals surface area contributed by atoms with Crippen LogP contribution in [0.5, 0.6) is 0 Å². The summed E-state index contributed by atoms with van der Waals surface area (Å²) in [7, 11) is 0. The standard InChI is InChI=1S/C18H29N3O2.ClH/c1-3-5-16(19)18(22)20-13-17(21-8-10-23-11-9-21)15-7-4-6-14(2)12-15;/h4,6-7,12,16-17H,3,5,8-11,13,19H2,1-2H3,(H,20,22);1H. The van der Waals surface area contributed by atoms with E-state index in [1.54, 1.807) is 0 Å². The molecule has 1 aliphatic rings. The van der Waals surface area contributed by atoms with E-state index in [1.165, 1.54) is 11.1 Å². The fourth-order valence-corrected chi connectivity index (χ4v) is 2.99. The highest BCUT2D eigenvalue weighted by atomic mass is 35.5. The largest absolute Gasteiger partial charge is 0.379 e. The van der Waals surface area contributed by atoms with Crippen molar-refractivity contribution in [1.29, 1.82) is 0 Å². The lowest BCUT2D eigenvalue weighted by molar-refractivity contribution is -0.122. The number of carbonyl (C=O) groups is 1. The van der Waals surface area contributed by atoms with Crippen molar-refractivity contribution in [1.82, 2.24) is 10.2 Å². The average Bonchev–Trinajstić information content (AvgIpc) is 2.56. The van der Waals surface area contributed by atoms with E-state index in [2.05, 4.69) is 41.4 Å². The zero-order chi connectivity index (χ0) is 16.7. The smallest absolute Gasteiger partial charge is 0.236 e. The Kier molecular flexibility index (Phi) is 9.29. The highest BCUT2D eigenvalue weighted by molar-refractivity contribution is 5.85. The van der Waals surface area contributed by atoms with Crippen LogP contribution in [0.15, 0.2) is 24.3 Å². The van der Waals surface area contributed by atoms with Crippen molar-refractivity contribution in [2.24, 2.45) is 5.73 Å². The van der Waals surface area contributed by atoms with Gasteiger partial charge in [0.05, 0.1) is 25.3 Å². The molecule has 1 amide bonds. The van der Waals surface area contributed by atoms with Crippen LogP contribution < -0.4 is 11.1 Å². The van der Waals surface area contributed by atoms with Gasteiger partial charge < -0.3 is 15.8 Å². The van der Waals surface area contributed by atoms with Crippen molar-refractivity contribution in [2.75, 3.05) is 32.8 Å². The molecule has 2 unspecified atom stereocenters.